The minimum absolute atomic E-state index is 0.238. The Bertz CT molecular complexity index is 438. The third-order valence-electron chi connectivity index (χ3n) is 3.65. The molecule has 0 atom stereocenters. The van der Waals surface area contributed by atoms with Gasteiger partial charge in [-0.1, -0.05) is 38.4 Å². The highest BCUT2D eigenvalue weighted by Crippen LogP contribution is 2.36. The summed E-state index contributed by atoms with van der Waals surface area (Å²) in [6.07, 6.45) is 7.43. The fraction of sp³-hybridized carbons (Fsp3) is 0.533. The number of allylic oxidation sites excluding steroid dienone is 1. The third-order valence-corrected chi connectivity index (χ3v) is 8.33. The Balaban J connectivity index is 2.42. The second kappa shape index (κ2) is 6.57. The van der Waals surface area contributed by atoms with Gasteiger partial charge in [0.25, 0.3) is 0 Å². The zero-order chi connectivity index (χ0) is 14.5. The Morgan fingerprint density at radius 1 is 1.37 bits per heavy atom. The van der Waals surface area contributed by atoms with Crippen LogP contribution in [0.15, 0.2) is 30.7 Å². The molecule has 2 nitrogen and oxygen atoms in total. The molecule has 0 spiro atoms. The van der Waals surface area contributed by atoms with Crippen LogP contribution in [0.4, 0.5) is 0 Å². The molecule has 0 N–H and O–H groups in total. The van der Waals surface area contributed by atoms with Crippen molar-refractivity contribution in [3.8, 4) is 0 Å². The van der Waals surface area contributed by atoms with Gasteiger partial charge in [0.2, 0.25) is 8.32 Å². The molecular formula is C15H24ClNOSi. The Hall–Kier alpha value is -0.803. The number of aromatic nitrogens is 1. The number of nitrogens with zero attached hydrogens (tertiary/aromatic N) is 1. The lowest BCUT2D eigenvalue weighted by atomic mass is 10.2. The van der Waals surface area contributed by atoms with Crippen LogP contribution >= 0.6 is 11.6 Å². The van der Waals surface area contributed by atoms with E-state index in [0.717, 1.165) is 23.6 Å². The Labute approximate surface area is 123 Å². The van der Waals surface area contributed by atoms with Gasteiger partial charge in [0.05, 0.1) is 17.0 Å². The van der Waals surface area contributed by atoms with Crippen LogP contribution in [-0.2, 0) is 10.8 Å². The first-order valence-electron chi connectivity index (χ1n) is 6.66. The predicted octanol–water partition coefficient (Wildman–Crippen LogP) is 5.20. The van der Waals surface area contributed by atoms with E-state index in [2.05, 4.69) is 44.9 Å². The quantitative estimate of drug-likeness (QED) is 0.550. The van der Waals surface area contributed by atoms with Crippen molar-refractivity contribution in [2.45, 2.75) is 51.7 Å². The smallest absolute Gasteiger partial charge is 0.249 e. The van der Waals surface area contributed by atoms with E-state index >= 15 is 0 Å². The largest absolute Gasteiger partial charge is 0.549 e. The monoisotopic (exact) mass is 297 g/mol. The molecule has 0 saturated heterocycles. The molecule has 0 unspecified atom stereocenters. The third kappa shape index (κ3) is 5.00. The zero-order valence-corrected chi connectivity index (χ0v) is 14.3. The summed E-state index contributed by atoms with van der Waals surface area (Å²) in [5.74, 6) is 0. The minimum atomic E-state index is -1.67. The molecule has 0 fully saturated rings. The summed E-state index contributed by atoms with van der Waals surface area (Å²) < 4.78 is 5.97. The first-order chi connectivity index (χ1) is 8.74. The van der Waals surface area contributed by atoms with Crippen molar-refractivity contribution < 1.29 is 4.43 Å². The normalized spacial score (nSPS) is 12.9. The average molecular weight is 298 g/mol. The molecule has 0 radical (unpaired) electrons. The van der Waals surface area contributed by atoms with Crippen LogP contribution in [0.1, 0.15) is 32.9 Å². The molecule has 1 heterocycles. The Kier molecular flexibility index (Phi) is 5.62. The van der Waals surface area contributed by atoms with Crippen LogP contribution in [0.3, 0.4) is 0 Å². The highest BCUT2D eigenvalue weighted by Gasteiger charge is 2.37. The molecule has 0 bridgehead atoms. The summed E-state index contributed by atoms with van der Waals surface area (Å²) in [4.78, 5) is 4.27. The van der Waals surface area contributed by atoms with E-state index in [0.29, 0.717) is 0 Å². The van der Waals surface area contributed by atoms with Gasteiger partial charge in [0, 0.05) is 6.20 Å². The molecule has 1 aromatic heterocycles. The maximum absolute atomic E-state index is 6.06. The fourth-order valence-electron chi connectivity index (χ4n) is 1.29. The van der Waals surface area contributed by atoms with Gasteiger partial charge < -0.3 is 4.43 Å². The second-order valence-electron chi connectivity index (χ2n) is 6.22. The van der Waals surface area contributed by atoms with Crippen LogP contribution < -0.4 is 0 Å². The molecule has 4 heteroatoms. The van der Waals surface area contributed by atoms with Gasteiger partial charge in [-0.3, -0.25) is 4.98 Å². The van der Waals surface area contributed by atoms with Crippen molar-refractivity contribution >= 4 is 19.9 Å². The van der Waals surface area contributed by atoms with E-state index in [1.54, 1.807) is 6.20 Å². The van der Waals surface area contributed by atoms with Gasteiger partial charge in [-0.25, -0.2) is 0 Å². The maximum atomic E-state index is 6.06. The Morgan fingerprint density at radius 2 is 2.05 bits per heavy atom. The number of hydrogen-bond donors (Lipinski definition) is 0. The Morgan fingerprint density at radius 3 is 2.63 bits per heavy atom. The highest BCUT2D eigenvalue weighted by molar-refractivity contribution is 6.74. The summed E-state index contributed by atoms with van der Waals surface area (Å²) in [5, 5.41) is 0.975. The number of pyridine rings is 1. The highest BCUT2D eigenvalue weighted by atomic mass is 35.5. The zero-order valence-electron chi connectivity index (χ0n) is 12.5. The molecule has 0 aliphatic rings. The molecule has 0 amide bonds. The fourth-order valence-corrected chi connectivity index (χ4v) is 2.29. The molecule has 0 saturated carbocycles. The summed E-state index contributed by atoms with van der Waals surface area (Å²) in [5.41, 5.74) is 0.946. The molecule has 0 aromatic carbocycles. The van der Waals surface area contributed by atoms with Crippen molar-refractivity contribution in [2.24, 2.45) is 0 Å². The van der Waals surface area contributed by atoms with Crippen LogP contribution in [0, 0.1) is 0 Å². The number of aryl methyl sites for hydroxylation is 1. The van der Waals surface area contributed by atoms with Crippen LogP contribution in [-0.4, -0.2) is 13.3 Å². The van der Waals surface area contributed by atoms with Gasteiger partial charge in [-0.15, -0.1) is 0 Å². The standard InChI is InChI=1S/C15H24ClNOSi/c1-15(2,3)19(4,5)18-12-7-6-10-14-13(16)9-8-11-17-14/h7-9,11-12H,6,10H2,1-5H3. The van der Waals surface area contributed by atoms with E-state index in [9.17, 15) is 0 Å². The minimum Gasteiger partial charge on any atom is -0.549 e. The van der Waals surface area contributed by atoms with E-state index in [-0.39, 0.29) is 5.04 Å². The van der Waals surface area contributed by atoms with E-state index < -0.39 is 8.32 Å². The topological polar surface area (TPSA) is 22.1 Å². The van der Waals surface area contributed by atoms with Crippen LogP contribution in [0.5, 0.6) is 0 Å². The summed E-state index contributed by atoms with van der Waals surface area (Å²) in [6, 6.07) is 3.72. The number of hydrogen-bond acceptors (Lipinski definition) is 2. The lowest BCUT2D eigenvalue weighted by molar-refractivity contribution is 0.428. The SMILES string of the molecule is CC(C)(C)[Si](C)(C)OC=CCCc1ncccc1Cl. The van der Waals surface area contributed by atoms with Gasteiger partial charge in [0.15, 0.2) is 0 Å². The van der Waals surface area contributed by atoms with Crippen LogP contribution in [0.25, 0.3) is 0 Å². The first-order valence-corrected chi connectivity index (χ1v) is 9.95. The van der Waals surface area contributed by atoms with Gasteiger partial charge in [-0.2, -0.15) is 0 Å². The van der Waals surface area contributed by atoms with E-state index in [4.69, 9.17) is 16.0 Å². The molecule has 19 heavy (non-hydrogen) atoms. The van der Waals surface area contributed by atoms with Crippen molar-refractivity contribution in [3.63, 3.8) is 0 Å². The second-order valence-corrected chi connectivity index (χ2v) is 11.4. The number of halogens is 1. The van der Waals surface area contributed by atoms with E-state index in [1.165, 1.54) is 0 Å². The van der Waals surface area contributed by atoms with E-state index in [1.807, 2.05) is 18.4 Å². The number of rotatable bonds is 5. The first kappa shape index (κ1) is 16.3. The maximum Gasteiger partial charge on any atom is 0.249 e. The molecule has 0 aliphatic carbocycles. The molecular weight excluding hydrogens is 274 g/mol. The van der Waals surface area contributed by atoms with Crippen LogP contribution in [0.2, 0.25) is 23.2 Å². The summed E-state index contributed by atoms with van der Waals surface area (Å²) in [6.45, 7) is 11.2. The summed E-state index contributed by atoms with van der Waals surface area (Å²) >= 11 is 6.06. The molecule has 1 aromatic rings. The average Bonchev–Trinajstić information content (AvgIpc) is 2.29. The lowest BCUT2D eigenvalue weighted by Crippen LogP contribution is -2.39. The van der Waals surface area contributed by atoms with Gasteiger partial charge in [0.1, 0.15) is 0 Å². The molecule has 0 aliphatic heterocycles. The van der Waals surface area contributed by atoms with Gasteiger partial charge in [-0.05, 0) is 43.1 Å². The van der Waals surface area contributed by atoms with Crippen molar-refractivity contribution in [3.05, 3.63) is 41.4 Å². The molecule has 1 rings (SSSR count). The lowest BCUT2D eigenvalue weighted by Gasteiger charge is -2.34. The van der Waals surface area contributed by atoms with Crippen molar-refractivity contribution in [1.29, 1.82) is 0 Å². The molecule has 106 valence electrons. The van der Waals surface area contributed by atoms with Crippen molar-refractivity contribution in [1.82, 2.24) is 4.98 Å². The van der Waals surface area contributed by atoms with Crippen molar-refractivity contribution in [2.75, 3.05) is 0 Å². The van der Waals surface area contributed by atoms with Gasteiger partial charge >= 0.3 is 0 Å². The predicted molar refractivity (Wildman–Crippen MR) is 85.0 cm³/mol. The summed E-state index contributed by atoms with van der Waals surface area (Å²) in [7, 11) is -1.67.